The molecule has 22 heavy (non-hydrogen) atoms. The standard InChI is InChI=1S/C16H18N4O2/c1-9-6-7-11(8-10(9)2)13-17-14-12(18(13)3)15(21)20(5)16(22)19(14)4/h6-8H,1-5H3. The quantitative estimate of drug-likeness (QED) is 0.679. The van der Waals surface area contributed by atoms with E-state index in [0.29, 0.717) is 17.0 Å². The van der Waals surface area contributed by atoms with Crippen LogP contribution >= 0.6 is 0 Å². The fourth-order valence-electron chi connectivity index (χ4n) is 2.66. The average molecular weight is 298 g/mol. The molecule has 0 radical (unpaired) electrons. The van der Waals surface area contributed by atoms with Gasteiger partial charge in [0.2, 0.25) is 0 Å². The summed E-state index contributed by atoms with van der Waals surface area (Å²) in [6.07, 6.45) is 0. The van der Waals surface area contributed by atoms with Crippen LogP contribution in [-0.2, 0) is 21.1 Å². The molecule has 2 heterocycles. The molecular formula is C16H18N4O2. The fraction of sp³-hybridized carbons (Fsp3) is 0.312. The lowest BCUT2D eigenvalue weighted by atomic mass is 10.1. The highest BCUT2D eigenvalue weighted by Gasteiger charge is 2.17. The van der Waals surface area contributed by atoms with E-state index in [0.717, 1.165) is 15.7 Å². The van der Waals surface area contributed by atoms with E-state index in [4.69, 9.17) is 0 Å². The monoisotopic (exact) mass is 298 g/mol. The van der Waals surface area contributed by atoms with E-state index in [9.17, 15) is 9.59 Å². The van der Waals surface area contributed by atoms with Crippen molar-refractivity contribution >= 4 is 11.2 Å². The first-order chi connectivity index (χ1) is 10.3. The Morgan fingerprint density at radius 1 is 0.909 bits per heavy atom. The van der Waals surface area contributed by atoms with Crippen LogP contribution in [0.5, 0.6) is 0 Å². The third-order valence-electron chi connectivity index (χ3n) is 4.24. The summed E-state index contributed by atoms with van der Waals surface area (Å²) in [6, 6.07) is 6.05. The lowest BCUT2D eigenvalue weighted by Crippen LogP contribution is -2.37. The van der Waals surface area contributed by atoms with E-state index in [1.165, 1.54) is 17.2 Å². The van der Waals surface area contributed by atoms with Crippen LogP contribution in [-0.4, -0.2) is 18.7 Å². The molecule has 0 saturated carbocycles. The molecule has 0 bridgehead atoms. The highest BCUT2D eigenvalue weighted by Crippen LogP contribution is 2.23. The van der Waals surface area contributed by atoms with Crippen LogP contribution in [0.2, 0.25) is 0 Å². The number of nitrogens with zero attached hydrogens (tertiary/aromatic N) is 4. The largest absolute Gasteiger partial charge is 0.332 e. The van der Waals surface area contributed by atoms with Gasteiger partial charge in [0.05, 0.1) is 0 Å². The zero-order valence-electron chi connectivity index (χ0n) is 13.3. The SMILES string of the molecule is Cc1ccc(-c2nc3c(c(=O)n(C)c(=O)n3C)n2C)cc1C. The Morgan fingerprint density at radius 2 is 1.59 bits per heavy atom. The van der Waals surface area contributed by atoms with Gasteiger partial charge in [0, 0.05) is 26.7 Å². The first-order valence-corrected chi connectivity index (χ1v) is 7.03. The highest BCUT2D eigenvalue weighted by atomic mass is 16.2. The summed E-state index contributed by atoms with van der Waals surface area (Å²) in [6.45, 7) is 4.09. The predicted octanol–water partition coefficient (Wildman–Crippen LogP) is 1.25. The van der Waals surface area contributed by atoms with E-state index in [-0.39, 0.29) is 11.2 Å². The first-order valence-electron chi connectivity index (χ1n) is 7.03. The van der Waals surface area contributed by atoms with Crippen LogP contribution in [0, 0.1) is 13.8 Å². The van der Waals surface area contributed by atoms with Gasteiger partial charge in [-0.15, -0.1) is 0 Å². The predicted molar refractivity (Wildman–Crippen MR) is 86.1 cm³/mol. The van der Waals surface area contributed by atoms with Gasteiger partial charge >= 0.3 is 5.69 Å². The lowest BCUT2D eigenvalue weighted by Gasteiger charge is -2.05. The molecule has 2 aromatic heterocycles. The van der Waals surface area contributed by atoms with E-state index < -0.39 is 0 Å². The zero-order valence-corrected chi connectivity index (χ0v) is 13.3. The highest BCUT2D eigenvalue weighted by molar-refractivity contribution is 5.77. The van der Waals surface area contributed by atoms with Gasteiger partial charge in [-0.1, -0.05) is 12.1 Å². The number of aromatic nitrogens is 4. The van der Waals surface area contributed by atoms with E-state index >= 15 is 0 Å². The molecule has 0 atom stereocenters. The second-order valence-electron chi connectivity index (χ2n) is 5.67. The molecule has 0 amide bonds. The zero-order chi connectivity index (χ0) is 16.2. The Hall–Kier alpha value is -2.63. The van der Waals surface area contributed by atoms with Crippen LogP contribution in [0.4, 0.5) is 0 Å². The molecule has 0 saturated heterocycles. The third-order valence-corrected chi connectivity index (χ3v) is 4.24. The van der Waals surface area contributed by atoms with Gasteiger partial charge in [0.25, 0.3) is 5.56 Å². The van der Waals surface area contributed by atoms with Crippen molar-refractivity contribution in [1.82, 2.24) is 18.7 Å². The number of hydrogen-bond acceptors (Lipinski definition) is 3. The topological polar surface area (TPSA) is 61.8 Å². The molecule has 0 N–H and O–H groups in total. The third kappa shape index (κ3) is 1.83. The van der Waals surface area contributed by atoms with Crippen LogP contribution < -0.4 is 11.2 Å². The maximum atomic E-state index is 12.4. The Labute approximate surface area is 127 Å². The number of hydrogen-bond donors (Lipinski definition) is 0. The minimum atomic E-state index is -0.373. The second kappa shape index (κ2) is 4.69. The molecule has 114 valence electrons. The minimum absolute atomic E-state index is 0.330. The van der Waals surface area contributed by atoms with Crippen molar-refractivity contribution in [3.8, 4) is 11.4 Å². The number of imidazole rings is 1. The van der Waals surface area contributed by atoms with Crippen molar-refractivity contribution in [3.63, 3.8) is 0 Å². The van der Waals surface area contributed by atoms with Gasteiger partial charge in [-0.25, -0.2) is 9.78 Å². The maximum absolute atomic E-state index is 12.4. The van der Waals surface area contributed by atoms with Crippen LogP contribution in [0.1, 0.15) is 11.1 Å². The molecule has 0 aliphatic carbocycles. The summed E-state index contributed by atoms with van der Waals surface area (Å²) in [7, 11) is 4.90. The molecule has 0 spiro atoms. The number of rotatable bonds is 1. The minimum Gasteiger partial charge on any atom is -0.321 e. The van der Waals surface area contributed by atoms with Gasteiger partial charge in [-0.2, -0.15) is 0 Å². The van der Waals surface area contributed by atoms with Crippen molar-refractivity contribution in [2.45, 2.75) is 13.8 Å². The Balaban J connectivity index is 2.43. The Morgan fingerprint density at radius 3 is 2.23 bits per heavy atom. The number of fused-ring (bicyclic) bond motifs is 1. The molecule has 3 rings (SSSR count). The smallest absolute Gasteiger partial charge is 0.321 e. The summed E-state index contributed by atoms with van der Waals surface area (Å²) in [5, 5.41) is 0. The summed E-state index contributed by atoms with van der Waals surface area (Å²) < 4.78 is 4.26. The molecule has 6 nitrogen and oxygen atoms in total. The molecular weight excluding hydrogens is 280 g/mol. The molecule has 1 aromatic carbocycles. The Kier molecular flexibility index (Phi) is 3.05. The fourth-order valence-corrected chi connectivity index (χ4v) is 2.66. The van der Waals surface area contributed by atoms with Gasteiger partial charge in [0.15, 0.2) is 11.2 Å². The van der Waals surface area contributed by atoms with Crippen molar-refractivity contribution < 1.29 is 0 Å². The molecule has 0 aliphatic rings. The molecule has 3 aromatic rings. The maximum Gasteiger partial charge on any atom is 0.332 e. The van der Waals surface area contributed by atoms with E-state index in [1.807, 2.05) is 32.0 Å². The summed E-state index contributed by atoms with van der Waals surface area (Å²) in [4.78, 5) is 28.9. The summed E-state index contributed by atoms with van der Waals surface area (Å²) in [5.41, 5.74) is 3.42. The van der Waals surface area contributed by atoms with Gasteiger partial charge in [-0.05, 0) is 31.0 Å². The van der Waals surface area contributed by atoms with Crippen LogP contribution in [0.25, 0.3) is 22.6 Å². The van der Waals surface area contributed by atoms with Crippen molar-refractivity contribution in [1.29, 1.82) is 0 Å². The average Bonchev–Trinajstić information content (AvgIpc) is 2.83. The first kappa shape index (κ1) is 14.3. The molecule has 0 fully saturated rings. The van der Waals surface area contributed by atoms with Crippen LogP contribution in [0.3, 0.4) is 0 Å². The van der Waals surface area contributed by atoms with Gasteiger partial charge < -0.3 is 4.57 Å². The Bertz CT molecular complexity index is 1020. The summed E-state index contributed by atoms with van der Waals surface area (Å²) >= 11 is 0. The van der Waals surface area contributed by atoms with E-state index in [2.05, 4.69) is 4.98 Å². The van der Waals surface area contributed by atoms with Crippen molar-refractivity contribution in [3.05, 3.63) is 50.2 Å². The van der Waals surface area contributed by atoms with Gasteiger partial charge in [0.1, 0.15) is 5.82 Å². The lowest BCUT2D eigenvalue weighted by molar-refractivity contribution is 0.705. The number of aryl methyl sites for hydroxylation is 4. The molecule has 6 heteroatoms. The number of benzene rings is 1. The van der Waals surface area contributed by atoms with Gasteiger partial charge in [-0.3, -0.25) is 13.9 Å². The summed E-state index contributed by atoms with van der Waals surface area (Å²) in [5.74, 6) is 0.677. The van der Waals surface area contributed by atoms with E-state index in [1.54, 1.807) is 18.7 Å². The van der Waals surface area contributed by atoms with Crippen LogP contribution in [0.15, 0.2) is 27.8 Å². The molecule has 0 aliphatic heterocycles. The van der Waals surface area contributed by atoms with Crippen molar-refractivity contribution in [2.24, 2.45) is 21.1 Å². The normalized spacial score (nSPS) is 11.3. The van der Waals surface area contributed by atoms with Crippen molar-refractivity contribution in [2.75, 3.05) is 0 Å². The second-order valence-corrected chi connectivity index (χ2v) is 5.67. The molecule has 0 unspecified atom stereocenters.